The zero-order chi connectivity index (χ0) is 29.4. The van der Waals surface area contributed by atoms with E-state index in [1.807, 2.05) is 30.4 Å². The first-order valence-electron chi connectivity index (χ1n) is 13.8. The molecule has 0 spiro atoms. The summed E-state index contributed by atoms with van der Waals surface area (Å²) in [6.07, 6.45) is 12.6. The number of hydrogen-bond donors (Lipinski definition) is 2. The average molecular weight is 606 g/mol. The van der Waals surface area contributed by atoms with Gasteiger partial charge in [-0.2, -0.15) is 0 Å². The second kappa shape index (κ2) is 11.6. The molecule has 2 aromatic carbocycles. The van der Waals surface area contributed by atoms with Gasteiger partial charge in [-0.1, -0.05) is 23.2 Å². The summed E-state index contributed by atoms with van der Waals surface area (Å²) in [5.41, 5.74) is 6.22. The normalized spacial score (nSPS) is 20.3. The number of nitroso groups, excluding NO2 is 2. The van der Waals surface area contributed by atoms with Crippen LogP contribution in [0.25, 0.3) is 11.4 Å². The Bertz CT molecular complexity index is 1680. The molecule has 42 heavy (non-hydrogen) atoms. The number of ether oxygens (including phenoxy) is 2. The molecular weight excluding hydrogens is 575 g/mol. The Labute approximate surface area is 253 Å². The summed E-state index contributed by atoms with van der Waals surface area (Å²) in [6, 6.07) is 9.98. The van der Waals surface area contributed by atoms with Gasteiger partial charge in [0, 0.05) is 60.7 Å². The van der Waals surface area contributed by atoms with Crippen LogP contribution in [0.5, 0.6) is 11.5 Å². The van der Waals surface area contributed by atoms with Crippen molar-refractivity contribution >= 4 is 46.0 Å². The predicted molar refractivity (Wildman–Crippen MR) is 165 cm³/mol. The van der Waals surface area contributed by atoms with E-state index in [1.54, 1.807) is 56.7 Å². The molecule has 6 rings (SSSR count). The van der Waals surface area contributed by atoms with Gasteiger partial charge in [0.2, 0.25) is 0 Å². The lowest BCUT2D eigenvalue weighted by atomic mass is 9.90. The highest BCUT2D eigenvalue weighted by molar-refractivity contribution is 6.31. The van der Waals surface area contributed by atoms with Crippen LogP contribution in [0, 0.1) is 9.81 Å². The number of hydrogen-bond acceptors (Lipinski definition) is 6. The van der Waals surface area contributed by atoms with E-state index in [0.717, 1.165) is 56.0 Å². The molecule has 2 N–H and O–H groups in total. The quantitative estimate of drug-likeness (QED) is 0.243. The summed E-state index contributed by atoms with van der Waals surface area (Å²) in [7, 11) is 3.22. The third kappa shape index (κ3) is 5.05. The topological polar surface area (TPSA) is 82.7 Å². The van der Waals surface area contributed by atoms with Gasteiger partial charge in [-0.25, -0.2) is 0 Å². The van der Waals surface area contributed by atoms with Gasteiger partial charge in [0.25, 0.3) is 23.5 Å². The average Bonchev–Trinajstić information content (AvgIpc) is 3.01. The van der Waals surface area contributed by atoms with Crippen molar-refractivity contribution in [3.8, 4) is 11.5 Å². The van der Waals surface area contributed by atoms with E-state index in [9.17, 15) is 9.81 Å². The largest absolute Gasteiger partial charge is 0.497 e. The summed E-state index contributed by atoms with van der Waals surface area (Å²) in [4.78, 5) is 26.4. The minimum atomic E-state index is -0.498. The fraction of sp³-hybridized carbons (Fsp3) is 0.250. The van der Waals surface area contributed by atoms with Crippen molar-refractivity contribution in [2.24, 2.45) is 0 Å². The molecule has 4 aliphatic rings. The molecule has 0 saturated heterocycles. The van der Waals surface area contributed by atoms with E-state index in [1.165, 1.54) is 0 Å². The Kier molecular flexibility index (Phi) is 7.75. The molecule has 0 saturated carbocycles. The minimum Gasteiger partial charge on any atom is -0.497 e. The number of nitrogens with one attached hydrogen (secondary N) is 2. The minimum absolute atomic E-state index is 0.450. The second-order valence-electron chi connectivity index (χ2n) is 10.3. The van der Waals surface area contributed by atoms with Crippen LogP contribution in [0.2, 0.25) is 0 Å². The molecule has 8 nitrogen and oxygen atoms in total. The number of benzene rings is 2. The first-order valence-corrected chi connectivity index (χ1v) is 14.5. The highest BCUT2D eigenvalue weighted by Crippen LogP contribution is 2.42. The van der Waals surface area contributed by atoms with E-state index in [2.05, 4.69) is 10.6 Å². The van der Waals surface area contributed by atoms with Gasteiger partial charge in [-0.3, -0.25) is 0 Å². The van der Waals surface area contributed by atoms with Crippen LogP contribution in [0.3, 0.4) is 0 Å². The highest BCUT2D eigenvalue weighted by Gasteiger charge is 2.42. The fourth-order valence-electron chi connectivity index (χ4n) is 5.73. The third-order valence-corrected chi connectivity index (χ3v) is 8.31. The zero-order valence-corrected chi connectivity index (χ0v) is 24.7. The zero-order valence-electron chi connectivity index (χ0n) is 23.2. The Morgan fingerprint density at radius 3 is 1.90 bits per heavy atom. The van der Waals surface area contributed by atoms with Crippen molar-refractivity contribution < 1.29 is 19.0 Å². The van der Waals surface area contributed by atoms with Crippen LogP contribution in [0.15, 0.2) is 94.1 Å². The SMILES string of the molecule is COc1ccc2c(c1)C(NCCCCNC1=C3C=CC(Cl)=CC3[N+](=O)c3ccc(OC)cc31)=C1C=C(Cl)C=CC1[N+]2=O. The molecule has 2 atom stereocenters. The monoisotopic (exact) mass is 604 g/mol. The van der Waals surface area contributed by atoms with Gasteiger partial charge < -0.3 is 20.1 Å². The molecule has 0 aromatic heterocycles. The maximum atomic E-state index is 13.2. The summed E-state index contributed by atoms with van der Waals surface area (Å²) < 4.78 is 12.9. The highest BCUT2D eigenvalue weighted by atomic mass is 35.5. The lowest BCUT2D eigenvalue weighted by molar-refractivity contribution is -0.483. The van der Waals surface area contributed by atoms with Crippen molar-refractivity contribution in [2.75, 3.05) is 27.3 Å². The summed E-state index contributed by atoms with van der Waals surface area (Å²) >= 11 is 12.6. The lowest BCUT2D eigenvalue weighted by Gasteiger charge is -2.24. The Balaban J connectivity index is 1.18. The number of methoxy groups -OCH3 is 2. The number of unbranched alkanes of at least 4 members (excludes halogenated alkanes) is 1. The Hall–Kier alpha value is -4.14. The molecular formula is C32H30Cl2N4O4+2. The van der Waals surface area contributed by atoms with E-state index < -0.39 is 12.1 Å². The van der Waals surface area contributed by atoms with E-state index in [-0.39, 0.29) is 0 Å². The Morgan fingerprint density at radius 2 is 1.31 bits per heavy atom. The lowest BCUT2D eigenvalue weighted by Crippen LogP contribution is -2.32. The number of allylic oxidation sites excluding steroid dienone is 4. The van der Waals surface area contributed by atoms with Crippen molar-refractivity contribution in [1.82, 2.24) is 10.6 Å². The number of rotatable bonds is 9. The summed E-state index contributed by atoms with van der Waals surface area (Å²) in [5.74, 6) is 1.35. The van der Waals surface area contributed by atoms with Crippen LogP contribution < -0.4 is 20.1 Å². The van der Waals surface area contributed by atoms with Crippen molar-refractivity contribution in [2.45, 2.75) is 24.9 Å². The smallest absolute Gasteiger partial charge is 0.266 e. The molecule has 214 valence electrons. The maximum absolute atomic E-state index is 13.2. The number of halogens is 2. The van der Waals surface area contributed by atoms with Crippen LogP contribution in [-0.2, 0) is 0 Å². The first kappa shape index (κ1) is 28.0. The van der Waals surface area contributed by atoms with Crippen LogP contribution in [-0.4, -0.2) is 48.9 Å². The fourth-order valence-corrected chi connectivity index (χ4v) is 6.11. The molecule has 2 unspecified atom stereocenters. The van der Waals surface area contributed by atoms with Gasteiger partial charge >= 0.3 is 0 Å². The van der Waals surface area contributed by atoms with Crippen LogP contribution >= 0.6 is 23.2 Å². The van der Waals surface area contributed by atoms with Gasteiger partial charge in [0.1, 0.15) is 11.5 Å². The molecule has 0 fully saturated rings. The van der Waals surface area contributed by atoms with E-state index in [0.29, 0.717) is 46.0 Å². The van der Waals surface area contributed by atoms with Gasteiger partial charge in [0.05, 0.1) is 47.9 Å². The standard InChI is InChI=1S/C32H30Cl2N4O4/c1-41-21-8-12-29-25(17-21)31(23-9-5-20(34)16-30(23)38(29)40)35-13-3-4-14-36-32-24-15-19(33)6-10-27(24)37(39)28-11-7-22(42-2)18-26(28)32/h5-12,15-18,27,30,35-36H,3-4,13-14H2,1-2H3/q+2. The van der Waals surface area contributed by atoms with Crippen molar-refractivity contribution in [3.05, 3.63) is 115 Å². The summed E-state index contributed by atoms with van der Waals surface area (Å²) in [5, 5.41) is 8.28. The molecule has 2 aliphatic carbocycles. The van der Waals surface area contributed by atoms with Gasteiger partial charge in [0.15, 0.2) is 0 Å². The van der Waals surface area contributed by atoms with E-state index in [4.69, 9.17) is 32.7 Å². The second-order valence-corrected chi connectivity index (χ2v) is 11.2. The van der Waals surface area contributed by atoms with Crippen molar-refractivity contribution in [1.29, 1.82) is 0 Å². The third-order valence-electron chi connectivity index (χ3n) is 7.82. The molecule has 2 aromatic rings. The number of fused-ring (bicyclic) bond motifs is 4. The van der Waals surface area contributed by atoms with Crippen LogP contribution in [0.1, 0.15) is 24.0 Å². The summed E-state index contributed by atoms with van der Waals surface area (Å²) in [6.45, 7) is 1.37. The molecule has 10 heteroatoms. The van der Waals surface area contributed by atoms with Crippen LogP contribution in [0.4, 0.5) is 11.4 Å². The molecule has 0 radical (unpaired) electrons. The molecule has 0 bridgehead atoms. The van der Waals surface area contributed by atoms with E-state index >= 15 is 0 Å². The Morgan fingerprint density at radius 1 is 0.738 bits per heavy atom. The maximum Gasteiger partial charge on any atom is 0.266 e. The first-order chi connectivity index (χ1) is 20.4. The van der Waals surface area contributed by atoms with Gasteiger partial charge in [-0.05, 0) is 67.5 Å². The molecule has 2 heterocycles. The number of nitrogens with zero attached hydrogens (tertiary/aromatic N) is 2. The van der Waals surface area contributed by atoms with Gasteiger partial charge in [-0.15, -0.1) is 0 Å². The molecule has 2 aliphatic heterocycles. The van der Waals surface area contributed by atoms with Crippen molar-refractivity contribution in [3.63, 3.8) is 0 Å². The molecule has 0 amide bonds. The predicted octanol–water partition coefficient (Wildman–Crippen LogP) is 6.76.